The molecule has 0 fully saturated rings. The highest BCUT2D eigenvalue weighted by Crippen LogP contribution is 2.20. The van der Waals surface area contributed by atoms with Crippen molar-refractivity contribution in [1.29, 1.82) is 0 Å². The van der Waals surface area contributed by atoms with E-state index in [9.17, 15) is 9.59 Å². The molecule has 0 aliphatic heterocycles. The van der Waals surface area contributed by atoms with E-state index in [2.05, 4.69) is 11.1 Å². The van der Waals surface area contributed by atoms with Gasteiger partial charge < -0.3 is 19.0 Å². The van der Waals surface area contributed by atoms with E-state index in [0.717, 1.165) is 18.4 Å². The largest absolute Gasteiger partial charge is 0.465 e. The molecule has 0 saturated heterocycles. The quantitative estimate of drug-likeness (QED) is 0.643. The number of carbonyl (C=O) groups is 2. The number of hydrogen-bond acceptors (Lipinski definition) is 4. The van der Waals surface area contributed by atoms with Crippen LogP contribution in [0.5, 0.6) is 0 Å². The number of furan rings is 1. The Hall–Kier alpha value is -3.02. The number of methoxy groups -OCH3 is 1. The molecule has 27 heavy (non-hydrogen) atoms. The molecule has 0 saturated carbocycles. The molecular weight excluding hydrogens is 344 g/mol. The monoisotopic (exact) mass is 368 g/mol. The molecule has 3 aromatic rings. The molecule has 0 radical (unpaired) electrons. The number of aryl methyl sites for hydroxylation is 2. The summed E-state index contributed by atoms with van der Waals surface area (Å²) in [6.07, 6.45) is 4.09. The Morgan fingerprint density at radius 1 is 1.26 bits per heavy atom. The lowest BCUT2D eigenvalue weighted by Gasteiger charge is -2.15. The fourth-order valence-corrected chi connectivity index (χ4v) is 3.22. The fourth-order valence-electron chi connectivity index (χ4n) is 3.22. The van der Waals surface area contributed by atoms with Gasteiger partial charge in [0.2, 0.25) is 5.91 Å². The zero-order valence-corrected chi connectivity index (χ0v) is 15.9. The van der Waals surface area contributed by atoms with Gasteiger partial charge in [0, 0.05) is 30.6 Å². The number of para-hydroxylation sites is 1. The first kappa shape index (κ1) is 18.8. The van der Waals surface area contributed by atoms with E-state index in [4.69, 9.17) is 9.15 Å². The van der Waals surface area contributed by atoms with Crippen LogP contribution in [0.15, 0.2) is 40.9 Å². The molecule has 6 nitrogen and oxygen atoms in total. The van der Waals surface area contributed by atoms with Crippen molar-refractivity contribution in [1.82, 2.24) is 9.88 Å². The Labute approximate surface area is 158 Å². The van der Waals surface area contributed by atoms with Crippen LogP contribution in [0.4, 0.5) is 0 Å². The lowest BCUT2D eigenvalue weighted by molar-refractivity contribution is -0.130. The fraction of sp³-hybridized carbons (Fsp3) is 0.333. The average Bonchev–Trinajstić information content (AvgIpc) is 3.24. The Morgan fingerprint density at radius 2 is 2.04 bits per heavy atom. The molecule has 2 heterocycles. The highest BCUT2D eigenvalue weighted by Gasteiger charge is 2.18. The number of ether oxygens (including phenoxy) is 1. The van der Waals surface area contributed by atoms with Gasteiger partial charge in [-0.3, -0.25) is 4.79 Å². The van der Waals surface area contributed by atoms with Gasteiger partial charge in [0.15, 0.2) is 0 Å². The summed E-state index contributed by atoms with van der Waals surface area (Å²) in [6, 6.07) is 9.80. The molecule has 0 atom stereocenters. The third-order valence-corrected chi connectivity index (χ3v) is 4.70. The Kier molecular flexibility index (Phi) is 5.64. The number of benzene rings is 1. The molecule has 142 valence electrons. The van der Waals surface area contributed by atoms with E-state index in [0.29, 0.717) is 30.0 Å². The van der Waals surface area contributed by atoms with E-state index in [1.165, 1.54) is 18.1 Å². The molecular formula is C21H24N2O4. The zero-order chi connectivity index (χ0) is 19.4. The number of carbonyl (C=O) groups excluding carboxylic acids is 2. The van der Waals surface area contributed by atoms with Crippen LogP contribution in [0, 0.1) is 6.92 Å². The van der Waals surface area contributed by atoms with Crippen molar-refractivity contribution in [3.05, 3.63) is 59.2 Å². The van der Waals surface area contributed by atoms with Crippen LogP contribution >= 0.6 is 0 Å². The predicted octanol–water partition coefficient (Wildman–Crippen LogP) is 3.84. The topological polar surface area (TPSA) is 75.5 Å². The van der Waals surface area contributed by atoms with Crippen LogP contribution < -0.4 is 0 Å². The SMILES string of the molecule is COC(=O)c1cc(CN(C)C(=O)CCCc2c[nH]c3ccccc23)oc1C. The second kappa shape index (κ2) is 8.12. The van der Waals surface area contributed by atoms with Crippen molar-refractivity contribution >= 4 is 22.8 Å². The van der Waals surface area contributed by atoms with E-state index < -0.39 is 5.97 Å². The Bertz CT molecular complexity index is 954. The molecule has 0 aliphatic carbocycles. The third kappa shape index (κ3) is 4.22. The maximum Gasteiger partial charge on any atom is 0.341 e. The number of aromatic nitrogens is 1. The number of aromatic amines is 1. The summed E-state index contributed by atoms with van der Waals surface area (Å²) in [7, 11) is 3.07. The van der Waals surface area contributed by atoms with E-state index in [-0.39, 0.29) is 5.91 Å². The molecule has 1 amide bonds. The predicted molar refractivity (Wildman–Crippen MR) is 102 cm³/mol. The van der Waals surface area contributed by atoms with E-state index in [1.807, 2.05) is 24.4 Å². The summed E-state index contributed by atoms with van der Waals surface area (Å²) in [5, 5.41) is 1.21. The van der Waals surface area contributed by atoms with Crippen LogP contribution in [0.25, 0.3) is 10.9 Å². The summed E-state index contributed by atoms with van der Waals surface area (Å²) in [5.41, 5.74) is 2.74. The van der Waals surface area contributed by atoms with E-state index >= 15 is 0 Å². The number of nitrogens with one attached hydrogen (secondary N) is 1. The summed E-state index contributed by atoms with van der Waals surface area (Å²) in [5.74, 6) is 0.677. The van der Waals surface area contributed by atoms with Crippen LogP contribution in [0.1, 0.15) is 40.3 Å². The summed E-state index contributed by atoms with van der Waals surface area (Å²) in [4.78, 5) is 28.9. The zero-order valence-electron chi connectivity index (χ0n) is 15.9. The second-order valence-electron chi connectivity index (χ2n) is 6.64. The van der Waals surface area contributed by atoms with Crippen LogP contribution in [-0.2, 0) is 22.5 Å². The lowest BCUT2D eigenvalue weighted by Crippen LogP contribution is -2.25. The highest BCUT2D eigenvalue weighted by molar-refractivity contribution is 5.90. The molecule has 0 spiro atoms. The van der Waals surface area contributed by atoms with Crippen molar-refractivity contribution < 1.29 is 18.7 Å². The molecule has 1 N–H and O–H groups in total. The van der Waals surface area contributed by atoms with Gasteiger partial charge in [0.25, 0.3) is 0 Å². The minimum Gasteiger partial charge on any atom is -0.465 e. The van der Waals surface area contributed by atoms with Crippen LogP contribution in [0.2, 0.25) is 0 Å². The van der Waals surface area contributed by atoms with Gasteiger partial charge >= 0.3 is 5.97 Å². The van der Waals surface area contributed by atoms with Crippen molar-refractivity contribution in [3.8, 4) is 0 Å². The first-order chi connectivity index (χ1) is 13.0. The molecule has 1 aromatic carbocycles. The number of amides is 1. The minimum atomic E-state index is -0.435. The van der Waals surface area contributed by atoms with Crippen LogP contribution in [0.3, 0.4) is 0 Å². The van der Waals surface area contributed by atoms with Crippen molar-refractivity contribution in [2.24, 2.45) is 0 Å². The molecule has 3 rings (SSSR count). The normalized spacial score (nSPS) is 10.9. The number of esters is 1. The van der Waals surface area contributed by atoms with Crippen molar-refractivity contribution in [2.45, 2.75) is 32.7 Å². The van der Waals surface area contributed by atoms with Gasteiger partial charge in [-0.15, -0.1) is 0 Å². The van der Waals surface area contributed by atoms with Gasteiger partial charge in [-0.25, -0.2) is 4.79 Å². The Balaban J connectivity index is 1.53. The smallest absolute Gasteiger partial charge is 0.341 e. The average molecular weight is 368 g/mol. The highest BCUT2D eigenvalue weighted by atomic mass is 16.5. The number of rotatable bonds is 7. The molecule has 6 heteroatoms. The Morgan fingerprint density at radius 3 is 2.81 bits per heavy atom. The standard InChI is InChI=1S/C21H24N2O4/c1-14-18(21(25)26-3)11-16(27-14)13-23(2)20(24)10-6-7-15-12-22-19-9-5-4-8-17(15)19/h4-5,8-9,11-12,22H,6-7,10,13H2,1-3H3. The summed E-state index contributed by atoms with van der Waals surface area (Å²) in [6.45, 7) is 2.03. The molecule has 0 bridgehead atoms. The number of fused-ring (bicyclic) bond motifs is 1. The van der Waals surface area contributed by atoms with Crippen molar-refractivity contribution in [2.75, 3.05) is 14.2 Å². The van der Waals surface area contributed by atoms with E-state index in [1.54, 1.807) is 24.9 Å². The van der Waals surface area contributed by atoms with Gasteiger partial charge in [-0.05, 0) is 37.5 Å². The van der Waals surface area contributed by atoms with Crippen molar-refractivity contribution in [3.63, 3.8) is 0 Å². The first-order valence-corrected chi connectivity index (χ1v) is 8.96. The number of nitrogens with zero attached hydrogens (tertiary/aromatic N) is 1. The third-order valence-electron chi connectivity index (χ3n) is 4.70. The summed E-state index contributed by atoms with van der Waals surface area (Å²) < 4.78 is 10.3. The van der Waals surface area contributed by atoms with Crippen LogP contribution in [-0.4, -0.2) is 35.9 Å². The van der Waals surface area contributed by atoms with Gasteiger partial charge in [-0.1, -0.05) is 18.2 Å². The number of H-pyrrole nitrogens is 1. The summed E-state index contributed by atoms with van der Waals surface area (Å²) >= 11 is 0. The maximum atomic E-state index is 12.4. The minimum absolute atomic E-state index is 0.0449. The maximum absolute atomic E-state index is 12.4. The molecule has 0 unspecified atom stereocenters. The number of hydrogen-bond donors (Lipinski definition) is 1. The van der Waals surface area contributed by atoms with Gasteiger partial charge in [0.1, 0.15) is 17.1 Å². The van der Waals surface area contributed by atoms with Gasteiger partial charge in [0.05, 0.1) is 13.7 Å². The second-order valence-corrected chi connectivity index (χ2v) is 6.64. The molecule has 2 aromatic heterocycles. The first-order valence-electron chi connectivity index (χ1n) is 8.96. The van der Waals surface area contributed by atoms with Gasteiger partial charge in [-0.2, -0.15) is 0 Å². The molecule has 0 aliphatic rings. The lowest BCUT2D eigenvalue weighted by atomic mass is 10.1.